The number of anilines is 1. The Morgan fingerprint density at radius 3 is 2.28 bits per heavy atom. The molecule has 0 aromatic heterocycles. The van der Waals surface area contributed by atoms with Crippen LogP contribution in [0.3, 0.4) is 0 Å². The van der Waals surface area contributed by atoms with Crippen LogP contribution in [-0.2, 0) is 20.0 Å². The van der Waals surface area contributed by atoms with Gasteiger partial charge in [-0.25, -0.2) is 16.8 Å². The van der Waals surface area contributed by atoms with Gasteiger partial charge in [-0.15, -0.1) is 0 Å². The van der Waals surface area contributed by atoms with Crippen LogP contribution in [-0.4, -0.2) is 83.1 Å². The van der Waals surface area contributed by atoms with E-state index in [9.17, 15) is 26.7 Å². The van der Waals surface area contributed by atoms with Crippen LogP contribution in [0.25, 0.3) is 0 Å². The zero-order valence-corrected chi connectivity index (χ0v) is 26.4. The summed E-state index contributed by atoms with van der Waals surface area (Å²) in [5, 5.41) is 9.92. The summed E-state index contributed by atoms with van der Waals surface area (Å²) in [6, 6.07) is 16.3. The first kappa shape index (κ1) is 32.3. The van der Waals surface area contributed by atoms with Gasteiger partial charge in [-0.1, -0.05) is 30.7 Å². The number of hydrogen-bond acceptors (Lipinski definition) is 8. The molecule has 0 spiro atoms. The zero-order valence-electron chi connectivity index (χ0n) is 24.7. The number of aryl methyl sites for hydroxylation is 1. The van der Waals surface area contributed by atoms with E-state index in [-0.39, 0.29) is 46.5 Å². The van der Waals surface area contributed by atoms with Crippen LogP contribution < -0.4 is 14.2 Å². The number of carbonyl (C=O) groups is 1. The van der Waals surface area contributed by atoms with E-state index in [1.54, 1.807) is 31.2 Å². The Labute approximate surface area is 253 Å². The van der Waals surface area contributed by atoms with Crippen LogP contribution in [0.5, 0.6) is 11.5 Å². The molecular formula is C30H37N3O8S2. The Balaban J connectivity index is 1.74. The Morgan fingerprint density at radius 2 is 1.67 bits per heavy atom. The maximum absolute atomic E-state index is 13.7. The second-order valence-corrected chi connectivity index (χ2v) is 14.4. The van der Waals surface area contributed by atoms with Crippen LogP contribution in [0.2, 0.25) is 0 Å². The van der Waals surface area contributed by atoms with Crippen LogP contribution >= 0.6 is 0 Å². The summed E-state index contributed by atoms with van der Waals surface area (Å²) in [6.07, 6.45) is -0.803. The largest absolute Gasteiger partial charge is 0.497 e. The average Bonchev–Trinajstić information content (AvgIpc) is 2.98. The molecule has 1 heterocycles. The number of nitrogens with zero attached hydrogens (tertiary/aromatic N) is 2. The van der Waals surface area contributed by atoms with Crippen molar-refractivity contribution in [2.24, 2.45) is 5.92 Å². The molecular weight excluding hydrogens is 594 g/mol. The fourth-order valence-corrected chi connectivity index (χ4v) is 6.99. The van der Waals surface area contributed by atoms with Crippen molar-refractivity contribution in [2.45, 2.75) is 42.7 Å². The van der Waals surface area contributed by atoms with Crippen molar-refractivity contribution in [3.8, 4) is 11.5 Å². The molecule has 4 rings (SSSR count). The molecule has 3 aromatic carbocycles. The van der Waals surface area contributed by atoms with Crippen molar-refractivity contribution in [3.63, 3.8) is 0 Å². The van der Waals surface area contributed by atoms with Crippen molar-refractivity contribution < 1.29 is 36.2 Å². The Morgan fingerprint density at radius 1 is 1.05 bits per heavy atom. The van der Waals surface area contributed by atoms with E-state index in [4.69, 9.17) is 9.47 Å². The van der Waals surface area contributed by atoms with Crippen LogP contribution in [0, 0.1) is 12.8 Å². The summed E-state index contributed by atoms with van der Waals surface area (Å²) in [4.78, 5) is 15.3. The molecule has 11 nitrogen and oxygen atoms in total. The van der Waals surface area contributed by atoms with Gasteiger partial charge in [-0.05, 0) is 62.4 Å². The predicted molar refractivity (Wildman–Crippen MR) is 162 cm³/mol. The molecule has 1 aliphatic rings. The summed E-state index contributed by atoms with van der Waals surface area (Å²) >= 11 is 0. The van der Waals surface area contributed by atoms with Gasteiger partial charge in [0.05, 0.1) is 47.3 Å². The lowest BCUT2D eigenvalue weighted by atomic mass is 9.99. The summed E-state index contributed by atoms with van der Waals surface area (Å²) in [7, 11) is -5.09. The minimum absolute atomic E-state index is 0.0230. The number of hydrogen-bond donors (Lipinski definition) is 2. The van der Waals surface area contributed by atoms with Crippen LogP contribution in [0.1, 0.15) is 29.8 Å². The van der Waals surface area contributed by atoms with Gasteiger partial charge >= 0.3 is 0 Å². The maximum atomic E-state index is 13.7. The van der Waals surface area contributed by atoms with Gasteiger partial charge in [0.2, 0.25) is 10.0 Å². The lowest BCUT2D eigenvalue weighted by Gasteiger charge is -2.38. The monoisotopic (exact) mass is 631 g/mol. The van der Waals surface area contributed by atoms with Gasteiger partial charge in [-0.3, -0.25) is 9.52 Å². The van der Waals surface area contributed by atoms with Crippen LogP contribution in [0.15, 0.2) is 76.5 Å². The molecule has 2 N–H and O–H groups in total. The predicted octanol–water partition coefficient (Wildman–Crippen LogP) is 3.35. The first-order valence-corrected chi connectivity index (χ1v) is 16.6. The number of carbonyl (C=O) groups excluding carboxylic acids is 1. The lowest BCUT2D eigenvalue weighted by Crippen LogP contribution is -2.50. The number of ether oxygens (including phenoxy) is 2. The fraction of sp³-hybridized carbons (Fsp3) is 0.367. The number of para-hydroxylation sites is 1. The molecule has 1 amide bonds. The highest BCUT2D eigenvalue weighted by molar-refractivity contribution is 7.92. The molecule has 3 aromatic rings. The molecule has 43 heavy (non-hydrogen) atoms. The SMILES string of the molecule is COc1ccc(S(=O)(=O)N(C)C[C@H]2Oc3c(NS(=O)(=O)c4ccc(C)cc4)cccc3C(=O)N([C@@H](C)CO)C[C@@H]2C)cc1. The summed E-state index contributed by atoms with van der Waals surface area (Å²) in [5.41, 5.74) is 1.01. The maximum Gasteiger partial charge on any atom is 0.262 e. The number of aliphatic hydroxyl groups is 1. The van der Waals surface area contributed by atoms with E-state index in [1.807, 2.05) is 13.8 Å². The van der Waals surface area contributed by atoms with Gasteiger partial charge < -0.3 is 19.5 Å². The van der Waals surface area contributed by atoms with Crippen molar-refractivity contribution in [1.82, 2.24) is 9.21 Å². The third-order valence-corrected chi connectivity index (χ3v) is 10.7. The van der Waals surface area contributed by atoms with E-state index in [0.717, 1.165) is 9.87 Å². The minimum atomic E-state index is -4.07. The highest BCUT2D eigenvalue weighted by atomic mass is 32.2. The third-order valence-electron chi connectivity index (χ3n) is 7.47. The van der Waals surface area contributed by atoms with E-state index in [1.165, 1.54) is 61.5 Å². The first-order chi connectivity index (χ1) is 20.3. The number of nitrogens with one attached hydrogen (secondary N) is 1. The molecule has 0 fully saturated rings. The van der Waals surface area contributed by atoms with Crippen LogP contribution in [0.4, 0.5) is 5.69 Å². The number of rotatable bonds is 10. The van der Waals surface area contributed by atoms with Gasteiger partial charge in [0, 0.05) is 19.5 Å². The number of likely N-dealkylation sites (N-methyl/N-ethyl adjacent to an activating group) is 1. The number of benzene rings is 3. The number of aliphatic hydroxyl groups excluding tert-OH is 1. The summed E-state index contributed by atoms with van der Waals surface area (Å²) in [5.74, 6) is -0.373. The minimum Gasteiger partial charge on any atom is -0.497 e. The average molecular weight is 632 g/mol. The summed E-state index contributed by atoms with van der Waals surface area (Å²) in [6.45, 7) is 5.11. The highest BCUT2D eigenvalue weighted by Gasteiger charge is 2.36. The fourth-order valence-electron chi connectivity index (χ4n) is 4.74. The molecule has 0 saturated carbocycles. The standard InChI is InChI=1S/C30H37N3O8S2/c1-20-9-13-24(14-10-20)42(36,37)31-27-8-6-7-26-29(27)41-28(21(2)17-33(30(26)35)22(3)19-34)18-32(4)43(38,39)25-15-11-23(40-5)12-16-25/h6-16,21-22,28,31,34H,17-19H2,1-5H3/t21-,22-,28+/m0/s1. The number of fused-ring (bicyclic) bond motifs is 1. The molecule has 0 bridgehead atoms. The zero-order chi connectivity index (χ0) is 31.5. The first-order valence-electron chi connectivity index (χ1n) is 13.7. The molecule has 3 atom stereocenters. The Kier molecular flexibility index (Phi) is 9.70. The van der Waals surface area contributed by atoms with E-state index in [2.05, 4.69) is 4.72 Å². The molecule has 0 aliphatic carbocycles. The topological polar surface area (TPSA) is 143 Å². The van der Waals surface area contributed by atoms with Gasteiger partial charge in [-0.2, -0.15) is 4.31 Å². The van der Waals surface area contributed by atoms with E-state index in [0.29, 0.717) is 5.75 Å². The Bertz CT molecular complexity index is 1660. The van der Waals surface area contributed by atoms with Gasteiger partial charge in [0.25, 0.3) is 15.9 Å². The molecule has 13 heteroatoms. The van der Waals surface area contributed by atoms with Gasteiger partial charge in [0.1, 0.15) is 11.9 Å². The second kappa shape index (κ2) is 12.9. The van der Waals surface area contributed by atoms with Crippen molar-refractivity contribution in [3.05, 3.63) is 77.9 Å². The second-order valence-electron chi connectivity index (χ2n) is 10.7. The summed E-state index contributed by atoms with van der Waals surface area (Å²) < 4.78 is 68.8. The van der Waals surface area contributed by atoms with Crippen molar-refractivity contribution in [2.75, 3.05) is 38.6 Å². The number of amides is 1. The molecule has 1 aliphatic heterocycles. The third kappa shape index (κ3) is 6.96. The molecule has 232 valence electrons. The van der Waals surface area contributed by atoms with Crippen molar-refractivity contribution in [1.29, 1.82) is 0 Å². The van der Waals surface area contributed by atoms with E-state index < -0.39 is 44.0 Å². The molecule has 0 unspecified atom stereocenters. The molecule has 0 saturated heterocycles. The lowest BCUT2D eigenvalue weighted by molar-refractivity contribution is 0.0389. The molecule has 0 radical (unpaired) electrons. The van der Waals surface area contributed by atoms with E-state index >= 15 is 0 Å². The Hall–Kier alpha value is -3.65. The normalized spacial score (nSPS) is 18.3. The van der Waals surface area contributed by atoms with Crippen molar-refractivity contribution >= 4 is 31.6 Å². The quantitative estimate of drug-likeness (QED) is 0.347. The smallest absolute Gasteiger partial charge is 0.262 e. The van der Waals surface area contributed by atoms with Gasteiger partial charge in [0.15, 0.2) is 5.75 Å². The number of sulfonamides is 2. The number of methoxy groups -OCH3 is 1. The highest BCUT2D eigenvalue weighted by Crippen LogP contribution is 2.36.